The highest BCUT2D eigenvalue weighted by Gasteiger charge is 2.20. The first kappa shape index (κ1) is 20.3. The fourth-order valence-corrected chi connectivity index (χ4v) is 4.42. The van der Waals surface area contributed by atoms with Gasteiger partial charge < -0.3 is 0 Å². The van der Waals surface area contributed by atoms with Crippen molar-refractivity contribution in [1.82, 2.24) is 29.3 Å². The number of fused-ring (bicyclic) bond motifs is 1. The van der Waals surface area contributed by atoms with Gasteiger partial charge in [-0.05, 0) is 29.8 Å². The van der Waals surface area contributed by atoms with E-state index in [0.29, 0.717) is 34.4 Å². The minimum absolute atomic E-state index is 0.235. The molecule has 0 aliphatic carbocycles. The Kier molecular flexibility index (Phi) is 5.64. The molecule has 5 rings (SSSR count). The van der Waals surface area contributed by atoms with Gasteiger partial charge in [-0.1, -0.05) is 54.2 Å². The summed E-state index contributed by atoms with van der Waals surface area (Å²) in [6.07, 6.45) is 3.43. The van der Waals surface area contributed by atoms with Crippen LogP contribution >= 0.6 is 11.8 Å². The first-order chi connectivity index (χ1) is 15.7. The van der Waals surface area contributed by atoms with Gasteiger partial charge in [0.05, 0.1) is 23.3 Å². The molecule has 0 aliphatic rings. The number of halogens is 2. The van der Waals surface area contributed by atoms with Gasteiger partial charge in [-0.15, -0.1) is 10.2 Å². The number of hydrogen-bond acceptors (Lipinski definition) is 5. The largest absolute Gasteiger partial charge is 0.320 e. The van der Waals surface area contributed by atoms with E-state index < -0.39 is 6.55 Å². The second-order valence-corrected chi connectivity index (χ2v) is 8.02. The van der Waals surface area contributed by atoms with Crippen LogP contribution in [0.3, 0.4) is 0 Å². The van der Waals surface area contributed by atoms with E-state index in [4.69, 9.17) is 0 Å². The molecule has 0 aliphatic heterocycles. The van der Waals surface area contributed by atoms with Crippen molar-refractivity contribution >= 4 is 22.8 Å². The molecule has 0 radical (unpaired) electrons. The number of nitrogens with zero attached hydrogens (tertiary/aromatic N) is 6. The van der Waals surface area contributed by atoms with Crippen molar-refractivity contribution in [2.24, 2.45) is 0 Å². The van der Waals surface area contributed by atoms with E-state index in [9.17, 15) is 8.78 Å². The molecule has 0 unspecified atom stereocenters. The molecule has 5 aromatic rings. The molecular weight excluding hydrogens is 430 g/mol. The Hall–Kier alpha value is -3.59. The van der Waals surface area contributed by atoms with Crippen LogP contribution in [-0.4, -0.2) is 29.3 Å². The van der Waals surface area contributed by atoms with Gasteiger partial charge >= 0.3 is 6.55 Å². The molecule has 0 fully saturated rings. The van der Waals surface area contributed by atoms with E-state index >= 15 is 0 Å². The number of rotatable bonds is 7. The molecule has 0 saturated heterocycles. The second-order valence-electron chi connectivity index (χ2n) is 7.07. The Bertz CT molecular complexity index is 1330. The minimum Gasteiger partial charge on any atom is -0.297 e. The van der Waals surface area contributed by atoms with Crippen LogP contribution in [0.5, 0.6) is 0 Å². The molecule has 0 saturated carbocycles. The molecular formula is C23H18F2N6S. The van der Waals surface area contributed by atoms with E-state index in [2.05, 4.69) is 20.2 Å². The molecule has 3 aromatic heterocycles. The van der Waals surface area contributed by atoms with Crippen molar-refractivity contribution < 1.29 is 8.78 Å². The number of hydrogen-bond donors (Lipinski definition) is 0. The lowest BCUT2D eigenvalue weighted by molar-refractivity contribution is 0.0722. The van der Waals surface area contributed by atoms with Gasteiger partial charge in [-0.2, -0.15) is 8.78 Å². The van der Waals surface area contributed by atoms with E-state index in [1.54, 1.807) is 36.7 Å². The Morgan fingerprint density at radius 3 is 2.50 bits per heavy atom. The van der Waals surface area contributed by atoms with E-state index in [-0.39, 0.29) is 5.75 Å². The first-order valence-corrected chi connectivity index (χ1v) is 10.9. The van der Waals surface area contributed by atoms with Crippen molar-refractivity contribution in [2.45, 2.75) is 24.0 Å². The van der Waals surface area contributed by atoms with Crippen LogP contribution < -0.4 is 0 Å². The molecule has 3 heterocycles. The van der Waals surface area contributed by atoms with Gasteiger partial charge in [0.25, 0.3) is 0 Å². The lowest BCUT2D eigenvalue weighted by Gasteiger charge is -2.11. The van der Waals surface area contributed by atoms with Crippen molar-refractivity contribution in [1.29, 1.82) is 0 Å². The van der Waals surface area contributed by atoms with Crippen LogP contribution in [-0.2, 0) is 12.3 Å². The Morgan fingerprint density at radius 2 is 1.72 bits per heavy atom. The van der Waals surface area contributed by atoms with Crippen molar-refractivity contribution in [3.8, 4) is 11.4 Å². The zero-order chi connectivity index (χ0) is 21.9. The molecule has 6 nitrogen and oxygen atoms in total. The van der Waals surface area contributed by atoms with Crippen LogP contribution in [0.25, 0.3) is 22.4 Å². The Labute approximate surface area is 187 Å². The third-order valence-electron chi connectivity index (χ3n) is 5.01. The van der Waals surface area contributed by atoms with Crippen LogP contribution in [0.2, 0.25) is 0 Å². The maximum Gasteiger partial charge on any atom is 0.320 e. The lowest BCUT2D eigenvalue weighted by atomic mass is 10.2. The normalized spacial score (nSPS) is 11.5. The molecule has 0 atom stereocenters. The van der Waals surface area contributed by atoms with Gasteiger partial charge in [-0.25, -0.2) is 4.98 Å². The van der Waals surface area contributed by atoms with Crippen LogP contribution in [0.1, 0.15) is 17.9 Å². The summed E-state index contributed by atoms with van der Waals surface area (Å²) in [7, 11) is 0. The quantitative estimate of drug-likeness (QED) is 0.311. The molecule has 0 spiro atoms. The molecule has 0 N–H and O–H groups in total. The number of aromatic nitrogens is 6. The highest BCUT2D eigenvalue weighted by molar-refractivity contribution is 7.98. The molecule has 0 amide bonds. The average Bonchev–Trinajstić information content (AvgIpc) is 3.40. The summed E-state index contributed by atoms with van der Waals surface area (Å²) >= 11 is 1.33. The summed E-state index contributed by atoms with van der Waals surface area (Å²) in [4.78, 5) is 8.61. The third-order valence-corrected chi connectivity index (χ3v) is 5.98. The Balaban J connectivity index is 1.50. The highest BCUT2D eigenvalue weighted by Crippen LogP contribution is 2.30. The molecule has 9 heteroatoms. The highest BCUT2D eigenvalue weighted by atomic mass is 32.2. The van der Waals surface area contributed by atoms with Gasteiger partial charge in [0, 0.05) is 18.0 Å². The van der Waals surface area contributed by atoms with Crippen molar-refractivity contribution in [3.63, 3.8) is 0 Å². The summed E-state index contributed by atoms with van der Waals surface area (Å²) in [6.45, 7) is -2.13. The zero-order valence-electron chi connectivity index (χ0n) is 16.8. The smallest absolute Gasteiger partial charge is 0.297 e. The van der Waals surface area contributed by atoms with E-state index in [1.165, 1.54) is 11.8 Å². The minimum atomic E-state index is -2.67. The topological polar surface area (TPSA) is 61.4 Å². The molecule has 160 valence electrons. The van der Waals surface area contributed by atoms with E-state index in [1.807, 2.05) is 47.0 Å². The standard InChI is InChI=1S/C23H18F2N6S/c24-22(25)31-19-11-5-4-10-18(19)27-20(31)15-32-23-29-28-21(17-9-6-12-26-13-17)30(23)14-16-7-2-1-3-8-16/h1-13,22H,14-15H2. The lowest BCUT2D eigenvalue weighted by Crippen LogP contribution is -2.06. The zero-order valence-corrected chi connectivity index (χ0v) is 17.7. The Morgan fingerprint density at radius 1 is 0.906 bits per heavy atom. The third kappa shape index (κ3) is 3.99. The summed E-state index contributed by atoms with van der Waals surface area (Å²) in [5, 5.41) is 9.35. The van der Waals surface area contributed by atoms with Crippen molar-refractivity contribution in [3.05, 3.63) is 90.5 Å². The molecule has 2 aromatic carbocycles. The van der Waals surface area contributed by atoms with Gasteiger partial charge in [0.1, 0.15) is 5.82 Å². The monoisotopic (exact) mass is 448 g/mol. The van der Waals surface area contributed by atoms with Crippen LogP contribution in [0, 0.1) is 0 Å². The molecule has 32 heavy (non-hydrogen) atoms. The summed E-state index contributed by atoms with van der Waals surface area (Å²) < 4.78 is 30.5. The number of alkyl halides is 2. The van der Waals surface area contributed by atoms with Gasteiger partial charge in [0.15, 0.2) is 11.0 Å². The number of thioether (sulfide) groups is 1. The SMILES string of the molecule is FC(F)n1c(CSc2nnc(-c3cccnc3)n2Cc2ccccc2)nc2ccccc21. The number of para-hydroxylation sites is 2. The summed E-state index contributed by atoms with van der Waals surface area (Å²) in [5.74, 6) is 1.20. The van der Waals surface area contributed by atoms with Crippen LogP contribution in [0.15, 0.2) is 84.3 Å². The molecule has 0 bridgehead atoms. The van der Waals surface area contributed by atoms with Gasteiger partial charge in [-0.3, -0.25) is 14.1 Å². The fraction of sp³-hybridized carbons (Fsp3) is 0.130. The number of benzene rings is 2. The second kappa shape index (κ2) is 8.88. The maximum atomic E-state index is 13.8. The number of imidazole rings is 1. The van der Waals surface area contributed by atoms with Gasteiger partial charge in [0.2, 0.25) is 0 Å². The summed E-state index contributed by atoms with van der Waals surface area (Å²) in [5.41, 5.74) is 2.88. The average molecular weight is 449 g/mol. The number of pyridine rings is 1. The first-order valence-electron chi connectivity index (χ1n) is 9.95. The van der Waals surface area contributed by atoms with E-state index in [0.717, 1.165) is 15.7 Å². The summed E-state index contributed by atoms with van der Waals surface area (Å²) in [6, 6.07) is 20.6. The predicted molar refractivity (Wildman–Crippen MR) is 119 cm³/mol. The van der Waals surface area contributed by atoms with Crippen molar-refractivity contribution in [2.75, 3.05) is 0 Å². The predicted octanol–water partition coefficient (Wildman–Crippen LogP) is 5.43. The fourth-order valence-electron chi connectivity index (χ4n) is 3.56. The maximum absolute atomic E-state index is 13.8. The van der Waals surface area contributed by atoms with Crippen LogP contribution in [0.4, 0.5) is 8.78 Å².